The van der Waals surface area contributed by atoms with Gasteiger partial charge in [-0.1, -0.05) is 13.8 Å². The van der Waals surface area contributed by atoms with E-state index in [1.165, 1.54) is 0 Å². The molecule has 0 amide bonds. The van der Waals surface area contributed by atoms with Crippen LogP contribution in [0.3, 0.4) is 0 Å². The zero-order valence-corrected chi connectivity index (χ0v) is 11.0. The molecule has 2 atom stereocenters. The molecule has 2 unspecified atom stereocenters. The van der Waals surface area contributed by atoms with Crippen LogP contribution in [-0.2, 0) is 0 Å². The average Bonchev–Trinajstić information content (AvgIpc) is 1.84. The molecule has 0 spiro atoms. The molecule has 52 valence electrons. The van der Waals surface area contributed by atoms with Crippen LogP contribution in [0.1, 0.15) is 27.7 Å². The van der Waals surface area contributed by atoms with E-state index in [0.29, 0.717) is 0 Å². The van der Waals surface area contributed by atoms with Gasteiger partial charge in [-0.2, -0.15) is 25.7 Å². The Bertz CT molecular complexity index is 44.5. The van der Waals surface area contributed by atoms with Crippen molar-refractivity contribution in [1.29, 1.82) is 0 Å². The van der Waals surface area contributed by atoms with E-state index in [1.54, 1.807) is 0 Å². The third kappa shape index (κ3) is 5.49. The molecule has 0 N–H and O–H groups in total. The summed E-state index contributed by atoms with van der Waals surface area (Å²) >= 11 is 0. The van der Waals surface area contributed by atoms with Crippen LogP contribution in [-0.4, -0.2) is 0 Å². The smallest absolute Gasteiger partial charge is 0.331 e. The van der Waals surface area contributed by atoms with E-state index in [-0.39, 0.29) is 31.1 Å². The first kappa shape index (κ1) is 12.7. The Kier molecular flexibility index (Phi) is 10.1. The minimum Gasteiger partial charge on any atom is -0.331 e. The Hall–Kier alpha value is 1.05. The summed E-state index contributed by atoms with van der Waals surface area (Å²) in [6.07, 6.45) is 4.48. The van der Waals surface area contributed by atoms with E-state index < -0.39 is 0 Å². The second-order valence-corrected chi connectivity index (χ2v) is 2.38. The molecule has 0 radical (unpaired) electrons. The van der Waals surface area contributed by atoms with Gasteiger partial charge in [-0.05, 0) is 0 Å². The van der Waals surface area contributed by atoms with Gasteiger partial charge >= 0.3 is 31.1 Å². The fourth-order valence-electron chi connectivity index (χ4n) is 0.607. The van der Waals surface area contributed by atoms with Crippen molar-refractivity contribution in [3.05, 3.63) is 12.8 Å². The number of rotatable bonds is 3. The summed E-state index contributed by atoms with van der Waals surface area (Å²) < 4.78 is 0. The molecule has 0 aromatic heterocycles. The van der Waals surface area contributed by atoms with Crippen LogP contribution in [0.2, 0.25) is 0 Å². The van der Waals surface area contributed by atoms with Crippen LogP contribution >= 0.6 is 0 Å². The van der Waals surface area contributed by atoms with Crippen LogP contribution in [0.4, 0.5) is 0 Å². The average molecular weight is 350 g/mol. The molecule has 9 heavy (non-hydrogen) atoms. The minimum atomic E-state index is 0. The summed E-state index contributed by atoms with van der Waals surface area (Å²) in [6.45, 7) is 8.71. The Morgan fingerprint density at radius 3 is 1.22 bits per heavy atom. The fraction of sp³-hybridized carbons (Fsp3) is 0.750. The van der Waals surface area contributed by atoms with Gasteiger partial charge in [0.15, 0.2) is 0 Å². The normalized spacial score (nSPS) is 16.0. The third-order valence-electron chi connectivity index (χ3n) is 1.88. The van der Waals surface area contributed by atoms with Crippen LogP contribution in [0.15, 0.2) is 0 Å². The van der Waals surface area contributed by atoms with E-state index in [1.807, 2.05) is 0 Å². The molecule has 0 aliphatic rings. The summed E-state index contributed by atoms with van der Waals surface area (Å²) in [4.78, 5) is 0. The van der Waals surface area contributed by atoms with Crippen molar-refractivity contribution in [3.63, 3.8) is 0 Å². The zero-order chi connectivity index (χ0) is 6.57. The van der Waals surface area contributed by atoms with E-state index >= 15 is 0 Å². The second-order valence-electron chi connectivity index (χ2n) is 2.38. The van der Waals surface area contributed by atoms with Crippen LogP contribution in [0.25, 0.3) is 0 Å². The first-order valence-corrected chi connectivity index (χ1v) is 3.31. The minimum absolute atomic E-state index is 0. The van der Waals surface area contributed by atoms with Crippen molar-refractivity contribution in [2.45, 2.75) is 27.7 Å². The van der Waals surface area contributed by atoms with Crippen molar-refractivity contribution in [2.24, 2.45) is 11.8 Å². The van der Waals surface area contributed by atoms with E-state index in [9.17, 15) is 0 Å². The van der Waals surface area contributed by atoms with Gasteiger partial charge in [-0.3, -0.25) is 0 Å². The SMILES string of the molecule is C[CH-]C(C)C(C)[CH-]C.[U+2]. The molecule has 0 saturated heterocycles. The molecular weight excluding hydrogens is 334 g/mol. The molecule has 0 bridgehead atoms. The molecule has 0 fully saturated rings. The molecule has 1 heteroatoms. The summed E-state index contributed by atoms with van der Waals surface area (Å²) in [5.41, 5.74) is 0. The third-order valence-corrected chi connectivity index (χ3v) is 1.88. The van der Waals surface area contributed by atoms with Crippen LogP contribution in [0, 0.1) is 55.8 Å². The van der Waals surface area contributed by atoms with Gasteiger partial charge < -0.3 is 12.8 Å². The predicted molar refractivity (Wildman–Crippen MR) is 38.3 cm³/mol. The molecular formula is C8H16U. The molecule has 0 saturated carbocycles. The number of hydrogen-bond acceptors (Lipinski definition) is 0. The van der Waals surface area contributed by atoms with Gasteiger partial charge in [0.1, 0.15) is 0 Å². The summed E-state index contributed by atoms with van der Waals surface area (Å²) in [7, 11) is 0. The topological polar surface area (TPSA) is 0 Å². The maximum atomic E-state index is 2.24. The van der Waals surface area contributed by atoms with Gasteiger partial charge in [-0.15, -0.1) is 0 Å². The molecule has 0 aliphatic heterocycles. The first-order chi connectivity index (χ1) is 3.72. The summed E-state index contributed by atoms with van der Waals surface area (Å²) in [6, 6.07) is 0. The number of hydrogen-bond donors (Lipinski definition) is 0. The van der Waals surface area contributed by atoms with Crippen LogP contribution < -0.4 is 0 Å². The monoisotopic (exact) mass is 350 g/mol. The predicted octanol–water partition coefficient (Wildman–Crippen LogP) is 2.71. The van der Waals surface area contributed by atoms with Gasteiger partial charge in [-0.25, -0.2) is 0 Å². The van der Waals surface area contributed by atoms with Crippen LogP contribution in [0.5, 0.6) is 0 Å². The largest absolute Gasteiger partial charge is 2.00 e. The molecule has 0 nitrogen and oxygen atoms in total. The van der Waals surface area contributed by atoms with Gasteiger partial charge in [0.25, 0.3) is 0 Å². The second kappa shape index (κ2) is 7.16. The van der Waals surface area contributed by atoms with Crippen molar-refractivity contribution in [2.75, 3.05) is 0 Å². The van der Waals surface area contributed by atoms with Gasteiger partial charge in [0.2, 0.25) is 0 Å². The Morgan fingerprint density at radius 1 is 0.889 bits per heavy atom. The van der Waals surface area contributed by atoms with Gasteiger partial charge in [0.05, 0.1) is 0 Å². The van der Waals surface area contributed by atoms with Crippen molar-refractivity contribution in [1.82, 2.24) is 0 Å². The fourth-order valence-corrected chi connectivity index (χ4v) is 0.607. The maximum Gasteiger partial charge on any atom is 2.00 e. The molecule has 0 aromatic carbocycles. The molecule has 0 heterocycles. The van der Waals surface area contributed by atoms with Gasteiger partial charge in [0, 0.05) is 0 Å². The van der Waals surface area contributed by atoms with Crippen molar-refractivity contribution in [3.8, 4) is 0 Å². The van der Waals surface area contributed by atoms with E-state index in [4.69, 9.17) is 0 Å². The standard InChI is InChI=1S/C8H16.U/c1-5-7(3)8(4)6-2;/h5-8H,1-4H3;/q-2;+2. The van der Waals surface area contributed by atoms with E-state index in [2.05, 4.69) is 40.5 Å². The molecule has 0 aromatic rings. The molecule has 0 rings (SSSR count). The summed E-state index contributed by atoms with van der Waals surface area (Å²) in [5, 5.41) is 0. The zero-order valence-electron chi connectivity index (χ0n) is 6.81. The first-order valence-electron chi connectivity index (χ1n) is 3.31. The van der Waals surface area contributed by atoms with E-state index in [0.717, 1.165) is 11.8 Å². The summed E-state index contributed by atoms with van der Waals surface area (Å²) in [5.74, 6) is 1.47. The quantitative estimate of drug-likeness (QED) is 0.687. The van der Waals surface area contributed by atoms with Crippen molar-refractivity contribution >= 4 is 0 Å². The Balaban J connectivity index is 0. The Labute approximate surface area is 83.2 Å². The Morgan fingerprint density at radius 2 is 1.11 bits per heavy atom. The molecule has 0 aliphatic carbocycles. The maximum absolute atomic E-state index is 2.24. The van der Waals surface area contributed by atoms with Crippen molar-refractivity contribution < 1.29 is 31.1 Å².